The van der Waals surface area contributed by atoms with Crippen LogP contribution in [0.25, 0.3) is 0 Å². The van der Waals surface area contributed by atoms with Gasteiger partial charge in [0.2, 0.25) is 0 Å². The summed E-state index contributed by atoms with van der Waals surface area (Å²) in [6, 6.07) is 14.1. The molecule has 2 aromatic carbocycles. The third-order valence-electron chi connectivity index (χ3n) is 9.59. The van der Waals surface area contributed by atoms with Crippen molar-refractivity contribution in [2.45, 2.75) is 103 Å². The van der Waals surface area contributed by atoms with Crippen molar-refractivity contribution in [3.05, 3.63) is 71.3 Å². The molecule has 2 aliphatic carbocycles. The lowest BCUT2D eigenvalue weighted by atomic mass is 9.72. The predicted octanol–water partition coefficient (Wildman–Crippen LogP) is 9.61. The fourth-order valence-electron chi connectivity index (χ4n) is 6.89. The topological polar surface area (TPSA) is 17.1 Å². The smallest absolute Gasteiger partial charge is 0.132 e. The number of benzene rings is 2. The molecule has 4 rings (SSSR count). The molecule has 0 radical (unpaired) electrons. The van der Waals surface area contributed by atoms with Gasteiger partial charge in [0.05, 0.1) is 0 Å². The zero-order valence-corrected chi connectivity index (χ0v) is 22.2. The van der Waals surface area contributed by atoms with Crippen LogP contribution in [0.4, 0.5) is 8.78 Å². The zero-order valence-electron chi connectivity index (χ0n) is 22.2. The van der Waals surface area contributed by atoms with E-state index in [4.69, 9.17) is 0 Å². The monoisotopic (exact) mass is 494 g/mol. The molecule has 0 spiro atoms. The maximum absolute atomic E-state index is 13.2. The van der Waals surface area contributed by atoms with Crippen LogP contribution < -0.4 is 0 Å². The molecule has 2 aromatic rings. The van der Waals surface area contributed by atoms with Gasteiger partial charge in [-0.25, -0.2) is 8.78 Å². The molecule has 2 unspecified atom stereocenters. The van der Waals surface area contributed by atoms with Crippen LogP contribution in [0, 0.1) is 35.3 Å². The Hall–Kier alpha value is -2.03. The van der Waals surface area contributed by atoms with E-state index in [1.54, 1.807) is 24.3 Å². The third-order valence-corrected chi connectivity index (χ3v) is 9.59. The Morgan fingerprint density at radius 3 is 1.31 bits per heavy atom. The second kappa shape index (κ2) is 13.0. The molecule has 0 amide bonds. The number of halogens is 2. The van der Waals surface area contributed by atoms with Crippen molar-refractivity contribution in [1.82, 2.24) is 0 Å². The number of rotatable bonds is 10. The van der Waals surface area contributed by atoms with E-state index in [1.165, 1.54) is 62.5 Å². The van der Waals surface area contributed by atoms with Crippen LogP contribution in [0.3, 0.4) is 0 Å². The van der Waals surface area contributed by atoms with Crippen LogP contribution in [-0.4, -0.2) is 5.78 Å². The molecule has 0 bridgehead atoms. The molecule has 0 aromatic heterocycles. The summed E-state index contributed by atoms with van der Waals surface area (Å²) >= 11 is 0. The van der Waals surface area contributed by atoms with E-state index in [1.807, 2.05) is 24.3 Å². The van der Waals surface area contributed by atoms with Crippen molar-refractivity contribution in [2.24, 2.45) is 23.7 Å². The second-order valence-corrected chi connectivity index (χ2v) is 11.9. The van der Waals surface area contributed by atoms with E-state index in [0.29, 0.717) is 41.3 Å². The van der Waals surface area contributed by atoms with Gasteiger partial charge in [0.15, 0.2) is 0 Å². The molecule has 0 N–H and O–H groups in total. The Morgan fingerprint density at radius 2 is 0.972 bits per heavy atom. The van der Waals surface area contributed by atoms with E-state index < -0.39 is 0 Å². The molecule has 2 fully saturated rings. The lowest BCUT2D eigenvalue weighted by Gasteiger charge is -2.33. The Morgan fingerprint density at radius 1 is 0.639 bits per heavy atom. The fourth-order valence-corrected chi connectivity index (χ4v) is 6.89. The molecule has 0 aliphatic heterocycles. The summed E-state index contributed by atoms with van der Waals surface area (Å²) in [5, 5.41) is 0. The Kier molecular flexibility index (Phi) is 9.73. The normalized spacial score (nSPS) is 26.3. The molecule has 3 heteroatoms. The van der Waals surface area contributed by atoms with Gasteiger partial charge in [0.25, 0.3) is 0 Å². The highest BCUT2D eigenvalue weighted by Gasteiger charge is 2.28. The van der Waals surface area contributed by atoms with Crippen LogP contribution in [0.15, 0.2) is 48.5 Å². The van der Waals surface area contributed by atoms with Crippen molar-refractivity contribution in [3.63, 3.8) is 0 Å². The van der Waals surface area contributed by atoms with E-state index in [2.05, 4.69) is 13.8 Å². The largest absolute Gasteiger partial charge is 0.300 e. The minimum atomic E-state index is -0.158. The van der Waals surface area contributed by atoms with Crippen molar-refractivity contribution < 1.29 is 13.6 Å². The molecule has 1 nitrogen and oxygen atoms in total. The van der Waals surface area contributed by atoms with Gasteiger partial charge in [0, 0.05) is 12.8 Å². The Labute approximate surface area is 217 Å². The molecule has 0 saturated heterocycles. The lowest BCUT2D eigenvalue weighted by Crippen LogP contribution is -2.21. The Bertz CT molecular complexity index is 857. The molecule has 2 saturated carbocycles. The standard InChI is InChI=1S/C33H44F2O/c1-23(25-5-9-27(10-6-25)29-13-17-31(34)18-14-29)3-21-33(36)22-4-24(2)26-7-11-28(12-8-26)30-15-19-32(35)20-16-30/h13-20,23-28H,3-12,21-22H2,1-2H3. The third kappa shape index (κ3) is 7.49. The first kappa shape index (κ1) is 27.0. The van der Waals surface area contributed by atoms with E-state index in [-0.39, 0.29) is 11.6 Å². The van der Waals surface area contributed by atoms with E-state index >= 15 is 0 Å². The molecule has 196 valence electrons. The molecule has 2 aliphatic rings. The summed E-state index contributed by atoms with van der Waals surface area (Å²) in [5.74, 6) is 3.86. The van der Waals surface area contributed by atoms with Gasteiger partial charge >= 0.3 is 0 Å². The zero-order chi connectivity index (χ0) is 25.5. The maximum atomic E-state index is 13.2. The van der Waals surface area contributed by atoms with Crippen molar-refractivity contribution in [1.29, 1.82) is 0 Å². The van der Waals surface area contributed by atoms with Gasteiger partial charge in [-0.15, -0.1) is 0 Å². The molecule has 2 atom stereocenters. The number of carbonyl (C=O) groups is 1. The number of hydrogen-bond donors (Lipinski definition) is 0. The van der Waals surface area contributed by atoms with Gasteiger partial charge in [0.1, 0.15) is 17.4 Å². The first-order chi connectivity index (χ1) is 17.4. The van der Waals surface area contributed by atoms with Gasteiger partial charge < -0.3 is 0 Å². The van der Waals surface area contributed by atoms with Crippen molar-refractivity contribution >= 4 is 5.78 Å². The van der Waals surface area contributed by atoms with Crippen LogP contribution in [0.2, 0.25) is 0 Å². The summed E-state index contributed by atoms with van der Waals surface area (Å²) < 4.78 is 26.4. The number of ketones is 1. The molecule has 0 heterocycles. The highest BCUT2D eigenvalue weighted by Crippen LogP contribution is 2.41. The van der Waals surface area contributed by atoms with E-state index in [0.717, 1.165) is 25.7 Å². The Balaban J connectivity index is 1.11. The number of Topliss-reactive ketones (excluding diaryl/α,β-unsaturated/α-hetero) is 1. The fraction of sp³-hybridized carbons (Fsp3) is 0.606. The van der Waals surface area contributed by atoms with Crippen LogP contribution >= 0.6 is 0 Å². The average molecular weight is 495 g/mol. The number of hydrogen-bond acceptors (Lipinski definition) is 1. The summed E-state index contributed by atoms with van der Waals surface area (Å²) in [4.78, 5) is 12.7. The van der Waals surface area contributed by atoms with Crippen molar-refractivity contribution in [2.75, 3.05) is 0 Å². The van der Waals surface area contributed by atoms with Gasteiger partial charge in [-0.1, -0.05) is 38.1 Å². The summed E-state index contributed by atoms with van der Waals surface area (Å²) in [6.07, 6.45) is 13.1. The first-order valence-corrected chi connectivity index (χ1v) is 14.4. The maximum Gasteiger partial charge on any atom is 0.132 e. The predicted molar refractivity (Wildman–Crippen MR) is 144 cm³/mol. The van der Waals surface area contributed by atoms with Gasteiger partial charge in [-0.3, -0.25) is 4.79 Å². The van der Waals surface area contributed by atoms with Gasteiger partial charge in [-0.05, 0) is 135 Å². The average Bonchev–Trinajstić information content (AvgIpc) is 2.91. The minimum Gasteiger partial charge on any atom is -0.300 e. The van der Waals surface area contributed by atoms with Gasteiger partial charge in [-0.2, -0.15) is 0 Å². The summed E-state index contributed by atoms with van der Waals surface area (Å²) in [7, 11) is 0. The van der Waals surface area contributed by atoms with Crippen LogP contribution in [0.5, 0.6) is 0 Å². The molecular formula is C33H44F2O. The minimum absolute atomic E-state index is 0.158. The highest BCUT2D eigenvalue weighted by atomic mass is 19.1. The molecule has 36 heavy (non-hydrogen) atoms. The van der Waals surface area contributed by atoms with Crippen molar-refractivity contribution in [3.8, 4) is 0 Å². The number of carbonyl (C=O) groups excluding carboxylic acids is 1. The van der Waals surface area contributed by atoms with Crippen LogP contribution in [0.1, 0.15) is 114 Å². The summed E-state index contributed by atoms with van der Waals surface area (Å²) in [5.41, 5.74) is 2.55. The van der Waals surface area contributed by atoms with Crippen LogP contribution in [-0.2, 0) is 4.79 Å². The highest BCUT2D eigenvalue weighted by molar-refractivity contribution is 5.78. The summed E-state index contributed by atoms with van der Waals surface area (Å²) in [6.45, 7) is 4.66. The quantitative estimate of drug-likeness (QED) is 0.321. The first-order valence-electron chi connectivity index (χ1n) is 14.4. The second-order valence-electron chi connectivity index (χ2n) is 11.9. The SMILES string of the molecule is CC(CCC(=O)CCC(C)C1CCC(c2ccc(F)cc2)CC1)C1CCC(c2ccc(F)cc2)CC1. The molecular weight excluding hydrogens is 450 g/mol. The van der Waals surface area contributed by atoms with E-state index in [9.17, 15) is 13.6 Å². The lowest BCUT2D eigenvalue weighted by molar-refractivity contribution is -0.119.